The van der Waals surface area contributed by atoms with Crippen molar-refractivity contribution in [3.63, 3.8) is 0 Å². The molecule has 16 heavy (non-hydrogen) atoms. The first-order chi connectivity index (χ1) is 7.63. The van der Waals surface area contributed by atoms with Crippen LogP contribution >= 0.6 is 0 Å². The molecular formula is C11H17NO4. The van der Waals surface area contributed by atoms with E-state index in [1.54, 1.807) is 6.07 Å². The number of aromatic hydroxyl groups is 2. The van der Waals surface area contributed by atoms with E-state index in [2.05, 4.69) is 5.32 Å². The second-order valence-corrected chi connectivity index (χ2v) is 3.55. The van der Waals surface area contributed by atoms with E-state index in [-0.39, 0.29) is 18.1 Å². The second kappa shape index (κ2) is 6.32. The minimum Gasteiger partial charge on any atom is -0.508 e. The van der Waals surface area contributed by atoms with Crippen LogP contribution in [0, 0.1) is 0 Å². The number of hydrogen-bond donors (Lipinski definition) is 4. The summed E-state index contributed by atoms with van der Waals surface area (Å²) in [6.45, 7) is 1.08. The van der Waals surface area contributed by atoms with Crippen LogP contribution < -0.4 is 5.32 Å². The third-order valence-corrected chi connectivity index (χ3v) is 2.12. The van der Waals surface area contributed by atoms with E-state index in [9.17, 15) is 10.2 Å². The van der Waals surface area contributed by atoms with Gasteiger partial charge in [-0.3, -0.25) is 0 Å². The summed E-state index contributed by atoms with van der Waals surface area (Å²) in [5.41, 5.74) is 0.669. The number of rotatable bonds is 6. The number of phenolic OH excluding ortho intramolecular Hbond substituents is 2. The number of methoxy groups -OCH3 is 1. The third kappa shape index (κ3) is 4.06. The van der Waals surface area contributed by atoms with Gasteiger partial charge in [0.2, 0.25) is 0 Å². The van der Waals surface area contributed by atoms with E-state index in [0.717, 1.165) is 0 Å². The Morgan fingerprint density at radius 3 is 2.75 bits per heavy atom. The lowest BCUT2D eigenvalue weighted by Crippen LogP contribution is -2.29. The third-order valence-electron chi connectivity index (χ3n) is 2.12. The summed E-state index contributed by atoms with van der Waals surface area (Å²) < 4.78 is 4.77. The molecule has 1 rings (SSSR count). The highest BCUT2D eigenvalue weighted by atomic mass is 16.5. The average Bonchev–Trinajstić information content (AvgIpc) is 2.22. The van der Waals surface area contributed by atoms with Gasteiger partial charge < -0.3 is 25.4 Å². The van der Waals surface area contributed by atoms with Gasteiger partial charge in [-0.2, -0.15) is 0 Å². The lowest BCUT2D eigenvalue weighted by molar-refractivity contribution is 0.0644. The van der Waals surface area contributed by atoms with Crippen LogP contribution in [0.5, 0.6) is 11.5 Å². The van der Waals surface area contributed by atoms with E-state index in [4.69, 9.17) is 9.84 Å². The molecule has 1 aromatic rings. The van der Waals surface area contributed by atoms with Gasteiger partial charge in [0.1, 0.15) is 11.5 Å². The van der Waals surface area contributed by atoms with E-state index in [1.165, 1.54) is 19.2 Å². The molecule has 0 aliphatic rings. The van der Waals surface area contributed by atoms with E-state index >= 15 is 0 Å². The summed E-state index contributed by atoms with van der Waals surface area (Å²) >= 11 is 0. The summed E-state index contributed by atoms with van der Waals surface area (Å²) in [6.07, 6.45) is -0.566. The highest BCUT2D eigenvalue weighted by molar-refractivity contribution is 5.38. The molecule has 0 aromatic heterocycles. The molecule has 0 radical (unpaired) electrons. The molecule has 5 heteroatoms. The summed E-state index contributed by atoms with van der Waals surface area (Å²) in [5, 5.41) is 30.9. The van der Waals surface area contributed by atoms with Gasteiger partial charge in [-0.1, -0.05) is 6.07 Å². The van der Waals surface area contributed by atoms with Gasteiger partial charge in [-0.15, -0.1) is 0 Å². The van der Waals surface area contributed by atoms with Gasteiger partial charge in [0.25, 0.3) is 0 Å². The maximum absolute atomic E-state index is 9.47. The van der Waals surface area contributed by atoms with Crippen LogP contribution in [0.25, 0.3) is 0 Å². The number of aliphatic hydroxyl groups is 1. The maximum Gasteiger partial charge on any atom is 0.123 e. The maximum atomic E-state index is 9.47. The van der Waals surface area contributed by atoms with Crippen LogP contribution in [-0.4, -0.2) is 41.7 Å². The number of benzene rings is 1. The fourth-order valence-corrected chi connectivity index (χ4v) is 1.33. The molecule has 5 nitrogen and oxygen atoms in total. The molecule has 0 aliphatic carbocycles. The minimum atomic E-state index is -0.566. The van der Waals surface area contributed by atoms with Crippen molar-refractivity contribution in [1.29, 1.82) is 0 Å². The van der Waals surface area contributed by atoms with Gasteiger partial charge in [0.15, 0.2) is 0 Å². The van der Waals surface area contributed by atoms with Gasteiger partial charge in [-0.05, 0) is 6.07 Å². The monoisotopic (exact) mass is 227 g/mol. The predicted molar refractivity (Wildman–Crippen MR) is 59.4 cm³/mol. The van der Waals surface area contributed by atoms with Gasteiger partial charge >= 0.3 is 0 Å². The standard InChI is InChI=1S/C11H17NO4/c1-16-7-10(14)6-12-5-8-2-3-9(13)4-11(8)15/h2-4,10,12-15H,5-7H2,1H3. The van der Waals surface area contributed by atoms with Crippen LogP contribution in [-0.2, 0) is 11.3 Å². The van der Waals surface area contributed by atoms with E-state index < -0.39 is 6.10 Å². The van der Waals surface area contributed by atoms with Crippen molar-refractivity contribution >= 4 is 0 Å². The smallest absolute Gasteiger partial charge is 0.123 e. The van der Waals surface area contributed by atoms with Crippen molar-refractivity contribution in [3.05, 3.63) is 23.8 Å². The Kier molecular flexibility index (Phi) is 5.04. The first kappa shape index (κ1) is 12.8. The molecule has 0 heterocycles. The van der Waals surface area contributed by atoms with E-state index in [0.29, 0.717) is 18.7 Å². The van der Waals surface area contributed by atoms with Gasteiger partial charge in [0.05, 0.1) is 12.7 Å². The molecule has 0 amide bonds. The quantitative estimate of drug-likeness (QED) is 0.558. The summed E-state index contributed by atoms with van der Waals surface area (Å²) in [4.78, 5) is 0. The highest BCUT2D eigenvalue weighted by Gasteiger charge is 2.05. The first-order valence-corrected chi connectivity index (χ1v) is 5.02. The molecule has 0 saturated carbocycles. The van der Waals surface area contributed by atoms with Crippen molar-refractivity contribution < 1.29 is 20.1 Å². The van der Waals surface area contributed by atoms with Gasteiger partial charge in [-0.25, -0.2) is 0 Å². The number of phenols is 2. The Bertz CT molecular complexity index is 330. The van der Waals surface area contributed by atoms with Crippen LogP contribution in [0.2, 0.25) is 0 Å². The Labute approximate surface area is 94.3 Å². The molecule has 0 aliphatic heterocycles. The fourth-order valence-electron chi connectivity index (χ4n) is 1.33. The molecule has 1 unspecified atom stereocenters. The zero-order valence-electron chi connectivity index (χ0n) is 9.18. The fraction of sp³-hybridized carbons (Fsp3) is 0.455. The number of hydrogen-bond acceptors (Lipinski definition) is 5. The van der Waals surface area contributed by atoms with Crippen LogP contribution in [0.15, 0.2) is 18.2 Å². The molecule has 1 atom stereocenters. The SMILES string of the molecule is COCC(O)CNCc1ccc(O)cc1O. The largest absolute Gasteiger partial charge is 0.508 e. The van der Waals surface area contributed by atoms with Crippen molar-refractivity contribution in [3.8, 4) is 11.5 Å². The van der Waals surface area contributed by atoms with Crippen LogP contribution in [0.1, 0.15) is 5.56 Å². The Morgan fingerprint density at radius 1 is 1.38 bits per heavy atom. The van der Waals surface area contributed by atoms with Crippen molar-refractivity contribution in [2.75, 3.05) is 20.3 Å². The zero-order chi connectivity index (χ0) is 12.0. The summed E-state index contributed by atoms with van der Waals surface area (Å²) in [6, 6.07) is 4.41. The molecular weight excluding hydrogens is 210 g/mol. The van der Waals surface area contributed by atoms with Crippen molar-refractivity contribution in [1.82, 2.24) is 5.32 Å². The van der Waals surface area contributed by atoms with Crippen LogP contribution in [0.4, 0.5) is 0 Å². The Morgan fingerprint density at radius 2 is 2.12 bits per heavy atom. The number of ether oxygens (including phenoxy) is 1. The topological polar surface area (TPSA) is 82.0 Å². The highest BCUT2D eigenvalue weighted by Crippen LogP contribution is 2.22. The zero-order valence-corrected chi connectivity index (χ0v) is 9.18. The van der Waals surface area contributed by atoms with Crippen molar-refractivity contribution in [2.24, 2.45) is 0 Å². The van der Waals surface area contributed by atoms with Gasteiger partial charge in [0, 0.05) is 31.8 Å². The summed E-state index contributed by atoms with van der Waals surface area (Å²) in [5.74, 6) is 0.0643. The van der Waals surface area contributed by atoms with Crippen LogP contribution in [0.3, 0.4) is 0 Å². The molecule has 0 spiro atoms. The lowest BCUT2D eigenvalue weighted by Gasteiger charge is -2.11. The number of aliphatic hydroxyl groups excluding tert-OH is 1. The average molecular weight is 227 g/mol. The summed E-state index contributed by atoms with van der Waals surface area (Å²) in [7, 11) is 1.52. The van der Waals surface area contributed by atoms with E-state index in [1.807, 2.05) is 0 Å². The molecule has 4 N–H and O–H groups in total. The van der Waals surface area contributed by atoms with Crippen molar-refractivity contribution in [2.45, 2.75) is 12.6 Å². The molecule has 0 fully saturated rings. The molecule has 0 bridgehead atoms. The normalized spacial score (nSPS) is 12.6. The first-order valence-electron chi connectivity index (χ1n) is 5.02. The Hall–Kier alpha value is -1.30. The molecule has 0 saturated heterocycles. The number of nitrogens with one attached hydrogen (secondary N) is 1. The predicted octanol–water partition coefficient (Wildman–Crippen LogP) is 0.195. The minimum absolute atomic E-state index is 0.0284. The Balaban J connectivity index is 2.37. The molecule has 1 aromatic carbocycles. The molecule has 90 valence electrons. The lowest BCUT2D eigenvalue weighted by atomic mass is 10.2. The second-order valence-electron chi connectivity index (χ2n) is 3.55.